The molecule has 0 spiro atoms. The zero-order chi connectivity index (χ0) is 19.5. The first-order valence-electron chi connectivity index (χ1n) is 11.8. The number of nitrogens with zero attached hydrogens (tertiary/aromatic N) is 1. The van der Waals surface area contributed by atoms with Crippen molar-refractivity contribution in [2.45, 2.75) is 89.8 Å². The lowest BCUT2D eigenvalue weighted by molar-refractivity contribution is -0.151. The Morgan fingerprint density at radius 1 is 0.966 bits per heavy atom. The highest BCUT2D eigenvalue weighted by molar-refractivity contribution is 5.91. The van der Waals surface area contributed by atoms with Crippen molar-refractivity contribution in [1.29, 1.82) is 0 Å². The van der Waals surface area contributed by atoms with Crippen LogP contribution in [0.5, 0.6) is 0 Å². The number of nitrogens with one attached hydrogen (secondary N) is 2. The summed E-state index contributed by atoms with van der Waals surface area (Å²) < 4.78 is 0. The van der Waals surface area contributed by atoms with E-state index in [2.05, 4.69) is 29.4 Å². The zero-order valence-electron chi connectivity index (χ0n) is 18.0. The van der Waals surface area contributed by atoms with Gasteiger partial charge in [-0.1, -0.05) is 13.8 Å². The maximum Gasteiger partial charge on any atom is 0.245 e. The van der Waals surface area contributed by atoms with Gasteiger partial charge in [0.2, 0.25) is 11.8 Å². The fourth-order valence-corrected chi connectivity index (χ4v) is 7.70. The SMILES string of the molecule is CC(C)C(NC(=O)C12CC3CC(CC(C3)C1)C2)C(=O)N1C2CCNCC1CC2.Cl. The molecule has 0 aromatic rings. The molecule has 0 aromatic carbocycles. The largest absolute Gasteiger partial charge is 0.344 e. The predicted octanol–water partition coefficient (Wildman–Crippen LogP) is 3.12. The molecule has 3 atom stereocenters. The smallest absolute Gasteiger partial charge is 0.245 e. The van der Waals surface area contributed by atoms with Crippen molar-refractivity contribution < 1.29 is 9.59 Å². The van der Waals surface area contributed by atoms with Gasteiger partial charge in [0.05, 0.1) is 0 Å². The van der Waals surface area contributed by atoms with Gasteiger partial charge in [-0.2, -0.15) is 0 Å². The summed E-state index contributed by atoms with van der Waals surface area (Å²) in [5.41, 5.74) is -0.179. The van der Waals surface area contributed by atoms with Gasteiger partial charge in [-0.3, -0.25) is 9.59 Å². The van der Waals surface area contributed by atoms with E-state index in [1.54, 1.807) is 0 Å². The molecule has 29 heavy (non-hydrogen) atoms. The van der Waals surface area contributed by atoms with E-state index in [1.807, 2.05) is 0 Å². The van der Waals surface area contributed by atoms with E-state index < -0.39 is 0 Å². The minimum Gasteiger partial charge on any atom is -0.344 e. The van der Waals surface area contributed by atoms with E-state index in [-0.39, 0.29) is 41.6 Å². The van der Waals surface area contributed by atoms with Crippen LogP contribution >= 0.6 is 12.4 Å². The molecule has 3 unspecified atom stereocenters. The van der Waals surface area contributed by atoms with Crippen LogP contribution in [-0.4, -0.2) is 47.9 Å². The monoisotopic (exact) mass is 423 g/mol. The molecule has 6 fully saturated rings. The lowest BCUT2D eigenvalue weighted by Crippen LogP contribution is -2.60. The average Bonchev–Trinajstić information content (AvgIpc) is 2.90. The normalized spacial score (nSPS) is 41.1. The first-order valence-corrected chi connectivity index (χ1v) is 11.8. The van der Waals surface area contributed by atoms with Crippen molar-refractivity contribution in [3.63, 3.8) is 0 Å². The molecule has 5 nitrogen and oxygen atoms in total. The Kier molecular flexibility index (Phi) is 5.93. The zero-order valence-corrected chi connectivity index (χ0v) is 18.8. The number of carbonyl (C=O) groups excluding carboxylic acids is 2. The molecule has 164 valence electrons. The Morgan fingerprint density at radius 2 is 1.55 bits per heavy atom. The number of rotatable bonds is 4. The topological polar surface area (TPSA) is 61.4 Å². The van der Waals surface area contributed by atoms with Gasteiger partial charge < -0.3 is 15.5 Å². The minimum absolute atomic E-state index is 0. The fourth-order valence-electron chi connectivity index (χ4n) is 7.70. The van der Waals surface area contributed by atoms with Gasteiger partial charge in [-0.05, 0) is 88.0 Å². The van der Waals surface area contributed by atoms with Crippen molar-refractivity contribution in [3.8, 4) is 0 Å². The van der Waals surface area contributed by atoms with Crippen LogP contribution in [0.3, 0.4) is 0 Å². The molecule has 2 heterocycles. The molecule has 2 saturated heterocycles. The van der Waals surface area contributed by atoms with Crippen LogP contribution in [0, 0.1) is 29.1 Å². The highest BCUT2D eigenvalue weighted by atomic mass is 35.5. The standard InChI is InChI=1S/C23H37N3O2.ClH/c1-14(2)20(21(27)26-18-3-4-19(26)13-24-6-5-18)25-22(28)23-10-15-7-16(11-23)9-17(8-15)12-23;/h14-20,24H,3-13H2,1-2H3,(H,25,28);1H. The summed E-state index contributed by atoms with van der Waals surface area (Å²) in [5.74, 6) is 2.73. The molecule has 6 rings (SSSR count). The molecule has 2 N–H and O–H groups in total. The lowest BCUT2D eigenvalue weighted by atomic mass is 9.49. The summed E-state index contributed by atoms with van der Waals surface area (Å²) in [7, 11) is 0. The molecule has 6 aliphatic rings. The molecule has 6 bridgehead atoms. The third-order valence-corrected chi connectivity index (χ3v) is 8.65. The van der Waals surface area contributed by atoms with Crippen molar-refractivity contribution in [1.82, 2.24) is 15.5 Å². The number of fused-ring (bicyclic) bond motifs is 2. The number of hydrogen-bond acceptors (Lipinski definition) is 3. The molecule has 0 aromatic heterocycles. The molecule has 6 heteroatoms. The molecule has 4 aliphatic carbocycles. The molecule has 4 saturated carbocycles. The number of amides is 2. The van der Waals surface area contributed by atoms with E-state index >= 15 is 0 Å². The highest BCUT2D eigenvalue weighted by Crippen LogP contribution is 2.60. The van der Waals surface area contributed by atoms with Crippen molar-refractivity contribution >= 4 is 24.2 Å². The van der Waals surface area contributed by atoms with Gasteiger partial charge in [-0.15, -0.1) is 12.4 Å². The quantitative estimate of drug-likeness (QED) is 0.730. The van der Waals surface area contributed by atoms with Crippen LogP contribution in [0.15, 0.2) is 0 Å². The van der Waals surface area contributed by atoms with Gasteiger partial charge in [0.1, 0.15) is 6.04 Å². The third-order valence-electron chi connectivity index (χ3n) is 8.65. The summed E-state index contributed by atoms with van der Waals surface area (Å²) in [6, 6.07) is 0.282. The molecule has 0 radical (unpaired) electrons. The second kappa shape index (κ2) is 8.03. The van der Waals surface area contributed by atoms with Gasteiger partial charge in [0.25, 0.3) is 0 Å². The first kappa shape index (κ1) is 21.4. The molecular weight excluding hydrogens is 386 g/mol. The summed E-state index contributed by atoms with van der Waals surface area (Å²) in [5, 5.41) is 6.79. The molecular formula is C23H38ClN3O2. The molecule has 2 aliphatic heterocycles. The second-order valence-electron chi connectivity index (χ2n) is 11.0. The predicted molar refractivity (Wildman–Crippen MR) is 116 cm³/mol. The Bertz CT molecular complexity index is 603. The van der Waals surface area contributed by atoms with Crippen molar-refractivity contribution in [2.24, 2.45) is 29.1 Å². The van der Waals surface area contributed by atoms with E-state index in [4.69, 9.17) is 0 Å². The number of halogens is 1. The van der Waals surface area contributed by atoms with Gasteiger partial charge in [0, 0.05) is 24.0 Å². The van der Waals surface area contributed by atoms with Crippen LogP contribution in [0.2, 0.25) is 0 Å². The van der Waals surface area contributed by atoms with Crippen molar-refractivity contribution in [3.05, 3.63) is 0 Å². The maximum absolute atomic E-state index is 13.6. The van der Waals surface area contributed by atoms with E-state index in [0.29, 0.717) is 12.1 Å². The van der Waals surface area contributed by atoms with Gasteiger partial charge in [-0.25, -0.2) is 0 Å². The van der Waals surface area contributed by atoms with E-state index in [0.717, 1.165) is 69.4 Å². The maximum atomic E-state index is 13.6. The fraction of sp³-hybridized carbons (Fsp3) is 0.913. The average molecular weight is 424 g/mol. The third kappa shape index (κ3) is 3.71. The minimum atomic E-state index is -0.373. The van der Waals surface area contributed by atoms with E-state index in [1.165, 1.54) is 19.3 Å². The van der Waals surface area contributed by atoms with Gasteiger partial charge in [0.15, 0.2) is 0 Å². The Balaban J connectivity index is 0.00000205. The number of carbonyl (C=O) groups is 2. The van der Waals surface area contributed by atoms with Gasteiger partial charge >= 0.3 is 0 Å². The highest BCUT2D eigenvalue weighted by Gasteiger charge is 2.55. The summed E-state index contributed by atoms with van der Waals surface area (Å²) in [4.78, 5) is 29.3. The van der Waals surface area contributed by atoms with Crippen molar-refractivity contribution in [2.75, 3.05) is 13.1 Å². The summed E-state index contributed by atoms with van der Waals surface area (Å²) in [6.07, 6.45) is 10.4. The van der Waals surface area contributed by atoms with Crippen LogP contribution in [0.25, 0.3) is 0 Å². The van der Waals surface area contributed by atoms with Crippen LogP contribution in [0.4, 0.5) is 0 Å². The first-order chi connectivity index (χ1) is 13.4. The van der Waals surface area contributed by atoms with Crippen LogP contribution < -0.4 is 10.6 Å². The van der Waals surface area contributed by atoms with E-state index in [9.17, 15) is 9.59 Å². The van der Waals surface area contributed by atoms with Crippen LogP contribution in [0.1, 0.15) is 71.6 Å². The Hall–Kier alpha value is -0.810. The second-order valence-corrected chi connectivity index (χ2v) is 11.0. The molecule has 2 amide bonds. The summed E-state index contributed by atoms with van der Waals surface area (Å²) >= 11 is 0. The lowest BCUT2D eigenvalue weighted by Gasteiger charge is -2.56. The van der Waals surface area contributed by atoms with Crippen LogP contribution in [-0.2, 0) is 9.59 Å². The Morgan fingerprint density at radius 3 is 2.14 bits per heavy atom. The number of hydrogen-bond donors (Lipinski definition) is 2. The summed E-state index contributed by atoms with van der Waals surface area (Å²) in [6.45, 7) is 6.06. The Labute approximate surface area is 181 Å².